The Bertz CT molecular complexity index is 437. The van der Waals surface area contributed by atoms with Gasteiger partial charge >= 0.3 is 0 Å². The molecule has 1 aromatic rings. The van der Waals surface area contributed by atoms with Crippen LogP contribution in [0.3, 0.4) is 0 Å². The first-order valence-electron chi connectivity index (χ1n) is 7.37. The number of hydrogen-bond acceptors (Lipinski definition) is 3. The normalized spacial score (nSPS) is 34.4. The summed E-state index contributed by atoms with van der Waals surface area (Å²) in [6.45, 7) is 3.13. The molecule has 1 saturated carbocycles. The number of fused-ring (bicyclic) bond motifs is 1. The SMILES string of the molecule is CC1CCCC(SC2COc3ccccc3C2N)C1. The van der Waals surface area contributed by atoms with E-state index in [0.717, 1.165) is 23.5 Å². The summed E-state index contributed by atoms with van der Waals surface area (Å²) in [5, 5.41) is 1.18. The maximum Gasteiger partial charge on any atom is 0.124 e. The van der Waals surface area contributed by atoms with Gasteiger partial charge in [0.15, 0.2) is 0 Å². The van der Waals surface area contributed by atoms with E-state index in [0.29, 0.717) is 5.25 Å². The Morgan fingerprint density at radius 3 is 2.95 bits per heavy atom. The van der Waals surface area contributed by atoms with E-state index in [1.54, 1.807) is 0 Å². The molecule has 1 aromatic carbocycles. The zero-order chi connectivity index (χ0) is 13.2. The van der Waals surface area contributed by atoms with E-state index in [-0.39, 0.29) is 6.04 Å². The van der Waals surface area contributed by atoms with Gasteiger partial charge in [0.05, 0.1) is 5.25 Å². The van der Waals surface area contributed by atoms with Crippen LogP contribution in [-0.2, 0) is 0 Å². The van der Waals surface area contributed by atoms with Crippen molar-refractivity contribution in [3.8, 4) is 5.75 Å². The highest BCUT2D eigenvalue weighted by atomic mass is 32.2. The molecule has 3 heteroatoms. The third-order valence-corrected chi connectivity index (χ3v) is 5.93. The lowest BCUT2D eigenvalue weighted by Gasteiger charge is -2.35. The maximum absolute atomic E-state index is 6.44. The molecule has 1 heterocycles. The van der Waals surface area contributed by atoms with Crippen molar-refractivity contribution in [2.45, 2.75) is 49.1 Å². The molecule has 1 aliphatic heterocycles. The van der Waals surface area contributed by atoms with Gasteiger partial charge in [0, 0.05) is 16.9 Å². The second-order valence-corrected chi connectivity index (χ2v) is 7.49. The molecule has 1 aliphatic carbocycles. The van der Waals surface area contributed by atoms with E-state index in [2.05, 4.69) is 30.8 Å². The van der Waals surface area contributed by atoms with Gasteiger partial charge in [-0.3, -0.25) is 0 Å². The van der Waals surface area contributed by atoms with Crippen LogP contribution in [0.25, 0.3) is 0 Å². The molecular formula is C16H23NOS. The van der Waals surface area contributed by atoms with Gasteiger partial charge in [0.2, 0.25) is 0 Å². The molecule has 2 N–H and O–H groups in total. The van der Waals surface area contributed by atoms with Gasteiger partial charge in [-0.15, -0.1) is 11.8 Å². The molecule has 0 aromatic heterocycles. The van der Waals surface area contributed by atoms with Crippen LogP contribution in [0, 0.1) is 5.92 Å². The number of para-hydroxylation sites is 1. The van der Waals surface area contributed by atoms with Crippen molar-refractivity contribution < 1.29 is 4.74 Å². The molecule has 0 amide bonds. The fourth-order valence-corrected chi connectivity index (χ4v) is 4.94. The largest absolute Gasteiger partial charge is 0.492 e. The molecule has 4 atom stereocenters. The first-order valence-corrected chi connectivity index (χ1v) is 8.31. The summed E-state index contributed by atoms with van der Waals surface area (Å²) in [5.41, 5.74) is 7.62. The quantitative estimate of drug-likeness (QED) is 0.894. The first-order chi connectivity index (χ1) is 9.24. The third-order valence-electron chi connectivity index (χ3n) is 4.34. The Balaban J connectivity index is 1.67. The summed E-state index contributed by atoms with van der Waals surface area (Å²) >= 11 is 2.07. The van der Waals surface area contributed by atoms with E-state index in [1.165, 1.54) is 31.2 Å². The highest BCUT2D eigenvalue weighted by Gasteiger charge is 2.31. The van der Waals surface area contributed by atoms with Crippen LogP contribution >= 0.6 is 11.8 Å². The van der Waals surface area contributed by atoms with Crippen LogP contribution in [0.5, 0.6) is 5.75 Å². The topological polar surface area (TPSA) is 35.2 Å². The van der Waals surface area contributed by atoms with Crippen molar-refractivity contribution >= 4 is 11.8 Å². The Morgan fingerprint density at radius 2 is 2.11 bits per heavy atom. The summed E-state index contributed by atoms with van der Waals surface area (Å²) < 4.78 is 5.87. The van der Waals surface area contributed by atoms with Gasteiger partial charge in [-0.2, -0.15) is 0 Å². The molecule has 0 bridgehead atoms. The van der Waals surface area contributed by atoms with Crippen LogP contribution in [0.1, 0.15) is 44.2 Å². The van der Waals surface area contributed by atoms with Gasteiger partial charge in [0.25, 0.3) is 0 Å². The molecule has 104 valence electrons. The van der Waals surface area contributed by atoms with E-state index in [4.69, 9.17) is 10.5 Å². The lowest BCUT2D eigenvalue weighted by atomic mass is 9.90. The Hall–Kier alpha value is -0.670. The fraction of sp³-hybridized carbons (Fsp3) is 0.625. The molecule has 0 spiro atoms. The second-order valence-electron chi connectivity index (χ2n) is 5.94. The Kier molecular flexibility index (Phi) is 4.04. The van der Waals surface area contributed by atoms with Crippen molar-refractivity contribution in [1.29, 1.82) is 0 Å². The lowest BCUT2D eigenvalue weighted by molar-refractivity contribution is 0.274. The molecule has 19 heavy (non-hydrogen) atoms. The van der Waals surface area contributed by atoms with Gasteiger partial charge in [0.1, 0.15) is 12.4 Å². The standard InChI is InChI=1S/C16H23NOS/c1-11-5-4-6-12(9-11)19-15-10-18-14-8-3-2-7-13(14)16(15)17/h2-3,7-8,11-12,15-16H,4-6,9-10,17H2,1H3. The maximum atomic E-state index is 6.44. The van der Waals surface area contributed by atoms with E-state index < -0.39 is 0 Å². The van der Waals surface area contributed by atoms with Crippen molar-refractivity contribution in [2.24, 2.45) is 11.7 Å². The van der Waals surface area contributed by atoms with Crippen LogP contribution in [0.4, 0.5) is 0 Å². The molecular weight excluding hydrogens is 254 g/mol. The smallest absolute Gasteiger partial charge is 0.124 e. The number of nitrogens with two attached hydrogens (primary N) is 1. The molecule has 4 unspecified atom stereocenters. The molecule has 2 aliphatic rings. The molecule has 2 nitrogen and oxygen atoms in total. The minimum absolute atomic E-state index is 0.118. The third kappa shape index (κ3) is 2.92. The monoisotopic (exact) mass is 277 g/mol. The molecule has 0 radical (unpaired) electrons. The van der Waals surface area contributed by atoms with E-state index >= 15 is 0 Å². The van der Waals surface area contributed by atoms with Crippen molar-refractivity contribution in [3.05, 3.63) is 29.8 Å². The van der Waals surface area contributed by atoms with Gasteiger partial charge in [-0.1, -0.05) is 38.0 Å². The predicted molar refractivity (Wildman–Crippen MR) is 81.7 cm³/mol. The molecule has 1 fully saturated rings. The van der Waals surface area contributed by atoms with Crippen LogP contribution in [-0.4, -0.2) is 17.1 Å². The summed E-state index contributed by atoms with van der Waals surface area (Å²) in [6.07, 6.45) is 5.46. The number of ether oxygens (including phenoxy) is 1. The van der Waals surface area contributed by atoms with E-state index in [9.17, 15) is 0 Å². The molecule has 3 rings (SSSR count). The lowest BCUT2D eigenvalue weighted by Crippen LogP contribution is -2.35. The van der Waals surface area contributed by atoms with Crippen LogP contribution in [0.2, 0.25) is 0 Å². The minimum atomic E-state index is 0.118. The van der Waals surface area contributed by atoms with Crippen LogP contribution < -0.4 is 10.5 Å². The van der Waals surface area contributed by atoms with Gasteiger partial charge in [-0.25, -0.2) is 0 Å². The minimum Gasteiger partial charge on any atom is -0.492 e. The number of hydrogen-bond donors (Lipinski definition) is 1. The zero-order valence-corrected chi connectivity index (χ0v) is 12.4. The average Bonchev–Trinajstić information content (AvgIpc) is 2.42. The summed E-state index contributed by atoms with van der Waals surface area (Å²) in [7, 11) is 0. The number of thioether (sulfide) groups is 1. The second kappa shape index (κ2) is 5.76. The highest BCUT2D eigenvalue weighted by molar-refractivity contribution is 8.00. The summed E-state index contributed by atoms with van der Waals surface area (Å²) in [6, 6.07) is 8.32. The van der Waals surface area contributed by atoms with Crippen molar-refractivity contribution in [3.63, 3.8) is 0 Å². The van der Waals surface area contributed by atoms with Crippen molar-refractivity contribution in [2.75, 3.05) is 6.61 Å². The average molecular weight is 277 g/mol. The van der Waals surface area contributed by atoms with Gasteiger partial charge in [-0.05, 0) is 24.8 Å². The predicted octanol–water partition coefficient (Wildman–Crippen LogP) is 3.76. The Morgan fingerprint density at radius 1 is 1.26 bits per heavy atom. The highest BCUT2D eigenvalue weighted by Crippen LogP contribution is 2.41. The van der Waals surface area contributed by atoms with Gasteiger partial charge < -0.3 is 10.5 Å². The molecule has 0 saturated heterocycles. The summed E-state index contributed by atoms with van der Waals surface area (Å²) in [4.78, 5) is 0. The number of benzene rings is 1. The number of rotatable bonds is 2. The van der Waals surface area contributed by atoms with Crippen LogP contribution in [0.15, 0.2) is 24.3 Å². The van der Waals surface area contributed by atoms with Crippen molar-refractivity contribution in [1.82, 2.24) is 0 Å². The first kappa shape index (κ1) is 13.3. The Labute approximate surface area is 120 Å². The van der Waals surface area contributed by atoms with E-state index in [1.807, 2.05) is 12.1 Å². The zero-order valence-electron chi connectivity index (χ0n) is 11.5. The fourth-order valence-electron chi connectivity index (χ4n) is 3.24. The summed E-state index contributed by atoms with van der Waals surface area (Å²) in [5.74, 6) is 1.85.